The van der Waals surface area contributed by atoms with Crippen LogP contribution in [0, 0.1) is 18.6 Å². The Kier molecular flexibility index (Phi) is 10.0. The summed E-state index contributed by atoms with van der Waals surface area (Å²) in [4.78, 5) is 34.2. The number of hydrogen-bond acceptors (Lipinski definition) is 8. The number of thiazole rings is 1. The minimum Gasteiger partial charge on any atom is -0.389 e. The van der Waals surface area contributed by atoms with Gasteiger partial charge in [0.2, 0.25) is 0 Å². The molecule has 4 unspecified atom stereocenters. The number of hydrogen-bond donors (Lipinski definition) is 3. The summed E-state index contributed by atoms with van der Waals surface area (Å²) in [5.41, 5.74) is 2.55. The van der Waals surface area contributed by atoms with Gasteiger partial charge in [-0.2, -0.15) is 0 Å². The van der Waals surface area contributed by atoms with E-state index in [9.17, 15) is 23.5 Å². The van der Waals surface area contributed by atoms with E-state index in [-0.39, 0.29) is 30.0 Å². The van der Waals surface area contributed by atoms with Crippen molar-refractivity contribution < 1.29 is 23.5 Å². The number of benzene rings is 2. The fourth-order valence-electron chi connectivity index (χ4n) is 5.89. The largest absolute Gasteiger partial charge is 0.389 e. The lowest BCUT2D eigenvalue weighted by Crippen LogP contribution is -2.52. The van der Waals surface area contributed by atoms with E-state index in [2.05, 4.69) is 15.6 Å². The van der Waals surface area contributed by atoms with Crippen molar-refractivity contribution in [3.8, 4) is 0 Å². The Morgan fingerprint density at radius 1 is 1.16 bits per heavy atom. The maximum atomic E-state index is 14.0. The number of aryl methyl sites for hydroxylation is 1. The molecule has 0 aliphatic carbocycles. The highest BCUT2D eigenvalue weighted by Crippen LogP contribution is 2.35. The Morgan fingerprint density at radius 2 is 1.91 bits per heavy atom. The van der Waals surface area contributed by atoms with E-state index >= 15 is 0 Å². The second kappa shape index (κ2) is 13.7. The van der Waals surface area contributed by atoms with Crippen LogP contribution in [0.4, 0.5) is 14.5 Å². The predicted molar refractivity (Wildman–Crippen MR) is 167 cm³/mol. The first-order valence-corrected chi connectivity index (χ1v) is 16.5. The van der Waals surface area contributed by atoms with Crippen molar-refractivity contribution >= 4 is 40.8 Å². The van der Waals surface area contributed by atoms with Gasteiger partial charge in [0.05, 0.1) is 18.2 Å². The maximum absolute atomic E-state index is 14.0. The molecule has 230 valence electrons. The molecule has 2 saturated heterocycles. The highest BCUT2D eigenvalue weighted by Gasteiger charge is 2.34. The van der Waals surface area contributed by atoms with Gasteiger partial charge in [-0.25, -0.2) is 13.8 Å². The second-order valence-corrected chi connectivity index (χ2v) is 13.0. The second-order valence-electron chi connectivity index (χ2n) is 11.2. The Morgan fingerprint density at radius 3 is 2.56 bits per heavy atom. The number of nitrogens with zero attached hydrogens (tertiary/aromatic N) is 3. The summed E-state index contributed by atoms with van der Waals surface area (Å²) in [6, 6.07) is 7.05. The number of rotatable bonds is 10. The lowest BCUT2D eigenvalue weighted by Gasteiger charge is -2.29. The zero-order valence-electron chi connectivity index (χ0n) is 24.5. The van der Waals surface area contributed by atoms with Crippen molar-refractivity contribution in [2.45, 2.75) is 63.3 Å². The highest BCUT2D eigenvalue weighted by atomic mass is 32.2. The molecule has 8 nitrogen and oxygen atoms in total. The van der Waals surface area contributed by atoms with E-state index in [4.69, 9.17) is 0 Å². The topological polar surface area (TPSA) is 97.8 Å². The quantitative estimate of drug-likeness (QED) is 0.275. The summed E-state index contributed by atoms with van der Waals surface area (Å²) in [5, 5.41) is 20.3. The standard InChI is InChI=1S/C31H37F2N5O3S2/c1-18-17-43-30(35-18)27-7-5-9-38(27)31(41)21-13-20(14-24(15-21)37(2)42-3)29(40)36-26(28(39)25-6-4-8-34-25)12-19-10-22(32)16-23(33)11-19/h10-11,13-17,25-28,34,39H,4-9,12H2,1-3H3,(H,36,40). The number of aromatic nitrogens is 1. The number of carbonyl (C=O) groups is 2. The SMILES string of the molecule is CSN(C)c1cc(C(=O)NC(Cc2cc(F)cc(F)c2)C(O)C2CCCN2)cc(C(=O)N2CCCC2c2nc(C)cs2)c1. The van der Waals surface area contributed by atoms with Crippen molar-refractivity contribution in [1.82, 2.24) is 20.5 Å². The van der Waals surface area contributed by atoms with Gasteiger partial charge in [0.15, 0.2) is 0 Å². The third-order valence-corrected chi connectivity index (χ3v) is 9.94. The van der Waals surface area contributed by atoms with Crippen molar-refractivity contribution in [3.05, 3.63) is 80.8 Å². The fourth-order valence-corrected chi connectivity index (χ4v) is 7.14. The Balaban J connectivity index is 1.44. The molecule has 0 spiro atoms. The number of halogens is 2. The van der Waals surface area contributed by atoms with Crippen LogP contribution in [0.5, 0.6) is 0 Å². The molecule has 43 heavy (non-hydrogen) atoms. The summed E-state index contributed by atoms with van der Waals surface area (Å²) in [6.07, 6.45) is 4.21. The van der Waals surface area contributed by atoms with E-state index in [0.717, 1.165) is 42.6 Å². The van der Waals surface area contributed by atoms with Crippen LogP contribution in [0.1, 0.15) is 68.7 Å². The molecular formula is C31H37F2N5O3S2. The number of likely N-dealkylation sites (tertiary alicyclic amines) is 1. The minimum absolute atomic E-state index is 0.0264. The molecule has 0 radical (unpaired) electrons. The van der Waals surface area contributed by atoms with Gasteiger partial charge >= 0.3 is 0 Å². The summed E-state index contributed by atoms with van der Waals surface area (Å²) < 4.78 is 29.9. The molecule has 0 saturated carbocycles. The number of anilines is 1. The van der Waals surface area contributed by atoms with Crippen LogP contribution in [0.25, 0.3) is 0 Å². The smallest absolute Gasteiger partial charge is 0.254 e. The van der Waals surface area contributed by atoms with Gasteiger partial charge < -0.3 is 24.9 Å². The Labute approximate surface area is 259 Å². The van der Waals surface area contributed by atoms with E-state index in [0.29, 0.717) is 29.8 Å². The molecule has 3 heterocycles. The van der Waals surface area contributed by atoms with Crippen molar-refractivity contribution in [2.24, 2.45) is 0 Å². The molecule has 2 fully saturated rings. The Bertz CT molecular complexity index is 1440. The van der Waals surface area contributed by atoms with Crippen molar-refractivity contribution in [1.29, 1.82) is 0 Å². The van der Waals surface area contributed by atoms with E-state index in [1.807, 2.05) is 34.8 Å². The molecule has 1 aromatic heterocycles. The molecule has 3 N–H and O–H groups in total. The first-order valence-electron chi connectivity index (χ1n) is 14.5. The van der Waals surface area contributed by atoms with Gasteiger partial charge in [-0.1, -0.05) is 11.9 Å². The average molecular weight is 630 g/mol. The molecule has 5 rings (SSSR count). The molecule has 2 aromatic carbocycles. The van der Waals surface area contributed by atoms with Gasteiger partial charge in [-0.05, 0) is 81.5 Å². The van der Waals surface area contributed by atoms with Gasteiger partial charge in [-0.15, -0.1) is 11.3 Å². The number of carbonyl (C=O) groups excluding carboxylic acids is 2. The zero-order chi connectivity index (χ0) is 30.7. The monoisotopic (exact) mass is 629 g/mol. The van der Waals surface area contributed by atoms with Gasteiger partial charge in [-0.3, -0.25) is 9.59 Å². The minimum atomic E-state index is -0.997. The zero-order valence-corrected chi connectivity index (χ0v) is 26.1. The normalized spacial score (nSPS) is 19.8. The number of aliphatic hydroxyl groups is 1. The van der Waals surface area contributed by atoms with Crippen LogP contribution < -0.4 is 14.9 Å². The molecule has 4 atom stereocenters. The summed E-state index contributed by atoms with van der Waals surface area (Å²) in [5.74, 6) is -2.11. The highest BCUT2D eigenvalue weighted by molar-refractivity contribution is 7.99. The lowest BCUT2D eigenvalue weighted by molar-refractivity contribution is 0.0733. The molecule has 2 aliphatic heterocycles. The lowest BCUT2D eigenvalue weighted by atomic mass is 9.94. The number of amides is 2. The van der Waals surface area contributed by atoms with Gasteiger partial charge in [0.25, 0.3) is 11.8 Å². The van der Waals surface area contributed by atoms with Crippen LogP contribution >= 0.6 is 23.3 Å². The molecule has 12 heteroatoms. The molecule has 2 amide bonds. The third kappa shape index (κ3) is 7.36. The first kappa shape index (κ1) is 31.4. The van der Waals surface area contributed by atoms with Crippen molar-refractivity contribution in [3.63, 3.8) is 0 Å². The molecule has 2 aliphatic rings. The van der Waals surface area contributed by atoms with E-state index in [1.54, 1.807) is 29.5 Å². The van der Waals surface area contributed by atoms with Crippen LogP contribution in [0.3, 0.4) is 0 Å². The van der Waals surface area contributed by atoms with Crippen LogP contribution in [0.15, 0.2) is 41.8 Å². The van der Waals surface area contributed by atoms with Gasteiger partial charge in [0.1, 0.15) is 16.6 Å². The molecule has 0 bridgehead atoms. The van der Waals surface area contributed by atoms with Crippen LogP contribution in [-0.2, 0) is 6.42 Å². The fraction of sp³-hybridized carbons (Fsp3) is 0.452. The van der Waals surface area contributed by atoms with Gasteiger partial charge in [0, 0.05) is 59.8 Å². The van der Waals surface area contributed by atoms with E-state index in [1.165, 1.54) is 24.1 Å². The Hall–Kier alpha value is -3.06. The number of aliphatic hydroxyl groups excluding tert-OH is 1. The third-order valence-electron chi connectivity index (χ3n) is 8.12. The van der Waals surface area contributed by atoms with Crippen molar-refractivity contribution in [2.75, 3.05) is 30.7 Å². The summed E-state index contributed by atoms with van der Waals surface area (Å²) in [6.45, 7) is 3.27. The molecular weight excluding hydrogens is 593 g/mol. The maximum Gasteiger partial charge on any atom is 0.254 e. The molecule has 3 aromatic rings. The van der Waals surface area contributed by atoms with E-state index < -0.39 is 29.7 Å². The summed E-state index contributed by atoms with van der Waals surface area (Å²) in [7, 11) is 1.85. The van der Waals surface area contributed by atoms with Crippen LogP contribution in [-0.4, -0.2) is 71.4 Å². The summed E-state index contributed by atoms with van der Waals surface area (Å²) >= 11 is 2.99. The average Bonchev–Trinajstić information content (AvgIpc) is 3.77. The predicted octanol–water partition coefficient (Wildman–Crippen LogP) is 4.88. The van der Waals surface area contributed by atoms with Crippen LogP contribution in [0.2, 0.25) is 0 Å². The first-order chi connectivity index (χ1) is 20.6. The number of nitrogens with one attached hydrogen (secondary N) is 2.